The van der Waals surface area contributed by atoms with Crippen LogP contribution in [-0.2, 0) is 19.9 Å². The van der Waals surface area contributed by atoms with Gasteiger partial charge in [0.1, 0.15) is 11.4 Å². The molecule has 1 aliphatic heterocycles. The summed E-state index contributed by atoms with van der Waals surface area (Å²) in [6.45, 7) is 6.36. The molecule has 158 valence electrons. The van der Waals surface area contributed by atoms with Crippen molar-refractivity contribution >= 4 is 11.8 Å². The second kappa shape index (κ2) is 8.37. The molecule has 1 aliphatic carbocycles. The van der Waals surface area contributed by atoms with Gasteiger partial charge in [0.05, 0.1) is 5.92 Å². The summed E-state index contributed by atoms with van der Waals surface area (Å²) in [5.41, 5.74) is 3.01. The van der Waals surface area contributed by atoms with E-state index in [0.29, 0.717) is 24.7 Å². The molecule has 0 N–H and O–H groups in total. The maximum atomic E-state index is 13.0. The number of Topliss-reactive ketones (excluding diaryl/α,β-unsaturated/α-hetero) is 1. The van der Waals surface area contributed by atoms with Gasteiger partial charge < -0.3 is 4.74 Å². The van der Waals surface area contributed by atoms with Crippen molar-refractivity contribution < 1.29 is 14.3 Å². The lowest BCUT2D eigenvalue weighted by molar-refractivity contribution is -0.175. The van der Waals surface area contributed by atoms with Gasteiger partial charge >= 0.3 is 5.97 Å². The van der Waals surface area contributed by atoms with Crippen LogP contribution in [0.1, 0.15) is 81.4 Å². The van der Waals surface area contributed by atoms with Gasteiger partial charge in [-0.15, -0.1) is 0 Å². The molecule has 1 saturated heterocycles. The smallest absolute Gasteiger partial charge is 0.310 e. The normalized spacial score (nSPS) is 28.7. The van der Waals surface area contributed by atoms with E-state index in [4.69, 9.17) is 4.74 Å². The lowest BCUT2D eigenvalue weighted by Gasteiger charge is -2.39. The van der Waals surface area contributed by atoms with Crippen LogP contribution in [0.25, 0.3) is 0 Å². The monoisotopic (exact) mass is 404 g/mol. The molecular weight excluding hydrogens is 372 g/mol. The molecule has 4 unspecified atom stereocenters. The average Bonchev–Trinajstić information content (AvgIpc) is 2.70. The maximum absolute atomic E-state index is 13.0. The number of carbonyl (C=O) groups excluding carboxylic acids is 2. The molecule has 2 fully saturated rings. The summed E-state index contributed by atoms with van der Waals surface area (Å²) in [5.74, 6) is 0.552. The Bertz CT molecular complexity index is 899. The van der Waals surface area contributed by atoms with Crippen molar-refractivity contribution in [1.82, 2.24) is 0 Å². The van der Waals surface area contributed by atoms with Crippen LogP contribution in [0, 0.1) is 11.8 Å². The van der Waals surface area contributed by atoms with Crippen LogP contribution in [0.15, 0.2) is 54.6 Å². The molecule has 2 aliphatic rings. The molecular formula is C27H32O3. The molecule has 0 bridgehead atoms. The van der Waals surface area contributed by atoms with E-state index in [0.717, 1.165) is 24.8 Å². The molecule has 3 nitrogen and oxygen atoms in total. The highest BCUT2D eigenvalue weighted by molar-refractivity contribution is 5.87. The SMILES string of the molecule is CC(C)c1ccc(C2CCC2C(=O)CC2CCC(C)(c3ccccc3)OC2=O)cc1. The van der Waals surface area contributed by atoms with Gasteiger partial charge in [-0.25, -0.2) is 0 Å². The fourth-order valence-electron chi connectivity index (χ4n) is 4.91. The fraction of sp³-hybridized carbons (Fsp3) is 0.481. The van der Waals surface area contributed by atoms with Crippen molar-refractivity contribution in [2.45, 2.75) is 70.3 Å². The molecule has 0 spiro atoms. The highest BCUT2D eigenvalue weighted by Gasteiger charge is 2.43. The van der Waals surface area contributed by atoms with Crippen LogP contribution >= 0.6 is 0 Å². The van der Waals surface area contributed by atoms with Gasteiger partial charge in [0.2, 0.25) is 0 Å². The van der Waals surface area contributed by atoms with Crippen LogP contribution in [-0.4, -0.2) is 11.8 Å². The Morgan fingerprint density at radius 3 is 2.30 bits per heavy atom. The first kappa shape index (κ1) is 20.8. The predicted molar refractivity (Wildman–Crippen MR) is 118 cm³/mol. The minimum atomic E-state index is -0.588. The van der Waals surface area contributed by atoms with Crippen LogP contribution in [0.5, 0.6) is 0 Å². The van der Waals surface area contributed by atoms with Crippen molar-refractivity contribution in [3.63, 3.8) is 0 Å². The Balaban J connectivity index is 1.37. The number of benzene rings is 2. The summed E-state index contributed by atoms with van der Waals surface area (Å²) in [4.78, 5) is 25.7. The Morgan fingerprint density at radius 1 is 1.03 bits per heavy atom. The minimum absolute atomic E-state index is 0.0464. The third-order valence-electron chi connectivity index (χ3n) is 7.18. The number of carbonyl (C=O) groups is 2. The average molecular weight is 405 g/mol. The van der Waals surface area contributed by atoms with Crippen LogP contribution in [0.3, 0.4) is 0 Å². The quantitative estimate of drug-likeness (QED) is 0.544. The summed E-state index contributed by atoms with van der Waals surface area (Å²) < 4.78 is 5.86. The second-order valence-corrected chi connectivity index (χ2v) is 9.54. The summed E-state index contributed by atoms with van der Waals surface area (Å²) >= 11 is 0. The van der Waals surface area contributed by atoms with E-state index in [-0.39, 0.29) is 23.6 Å². The van der Waals surface area contributed by atoms with E-state index < -0.39 is 5.60 Å². The number of rotatable bonds is 6. The van der Waals surface area contributed by atoms with Crippen LogP contribution < -0.4 is 0 Å². The molecule has 1 heterocycles. The van der Waals surface area contributed by atoms with Gasteiger partial charge in [0.25, 0.3) is 0 Å². The molecule has 4 atom stereocenters. The minimum Gasteiger partial charge on any atom is -0.454 e. The van der Waals surface area contributed by atoms with E-state index in [1.165, 1.54) is 11.1 Å². The fourth-order valence-corrected chi connectivity index (χ4v) is 4.91. The molecule has 0 radical (unpaired) electrons. The van der Waals surface area contributed by atoms with Crippen molar-refractivity contribution in [1.29, 1.82) is 0 Å². The van der Waals surface area contributed by atoms with Crippen LogP contribution in [0.4, 0.5) is 0 Å². The summed E-state index contributed by atoms with van der Waals surface area (Å²) in [6, 6.07) is 18.6. The van der Waals surface area contributed by atoms with Crippen molar-refractivity contribution in [2.24, 2.45) is 11.8 Å². The third-order valence-corrected chi connectivity index (χ3v) is 7.18. The Labute approximate surface area is 179 Å². The first-order chi connectivity index (χ1) is 14.4. The molecule has 4 rings (SSSR count). The Morgan fingerprint density at radius 2 is 1.73 bits per heavy atom. The van der Waals surface area contributed by atoms with Gasteiger partial charge in [0, 0.05) is 12.3 Å². The van der Waals surface area contributed by atoms with Gasteiger partial charge in [-0.05, 0) is 61.1 Å². The molecule has 2 aromatic rings. The van der Waals surface area contributed by atoms with E-state index in [1.54, 1.807) is 0 Å². The summed E-state index contributed by atoms with van der Waals surface area (Å²) in [7, 11) is 0. The number of ketones is 1. The lowest BCUT2D eigenvalue weighted by atomic mass is 9.66. The van der Waals surface area contributed by atoms with Crippen molar-refractivity contribution in [2.75, 3.05) is 0 Å². The zero-order valence-corrected chi connectivity index (χ0v) is 18.3. The molecule has 2 aromatic carbocycles. The number of cyclic esters (lactones) is 1. The van der Waals surface area contributed by atoms with Gasteiger partial charge in [-0.1, -0.05) is 68.4 Å². The van der Waals surface area contributed by atoms with E-state index in [9.17, 15) is 9.59 Å². The first-order valence-corrected chi connectivity index (χ1v) is 11.3. The highest BCUT2D eigenvalue weighted by Crippen LogP contribution is 2.45. The zero-order chi connectivity index (χ0) is 21.3. The summed E-state index contributed by atoms with van der Waals surface area (Å²) in [5, 5.41) is 0. The molecule has 30 heavy (non-hydrogen) atoms. The topological polar surface area (TPSA) is 43.4 Å². The predicted octanol–water partition coefficient (Wildman–Crippen LogP) is 6.13. The van der Waals surface area contributed by atoms with Crippen LogP contribution in [0.2, 0.25) is 0 Å². The second-order valence-electron chi connectivity index (χ2n) is 9.54. The molecule has 1 saturated carbocycles. The Hall–Kier alpha value is -2.42. The van der Waals surface area contributed by atoms with E-state index in [1.807, 2.05) is 37.3 Å². The van der Waals surface area contributed by atoms with Crippen molar-refractivity contribution in [3.8, 4) is 0 Å². The molecule has 3 heteroatoms. The number of hydrogen-bond donors (Lipinski definition) is 0. The van der Waals surface area contributed by atoms with E-state index >= 15 is 0 Å². The molecule has 0 amide bonds. The zero-order valence-electron chi connectivity index (χ0n) is 18.3. The number of ether oxygens (including phenoxy) is 1. The maximum Gasteiger partial charge on any atom is 0.310 e. The standard InChI is InChI=1S/C27H32O3/c1-18(2)19-9-11-20(12-10-19)23-13-14-24(23)25(28)17-21-15-16-27(3,30-26(21)29)22-7-5-4-6-8-22/h4-12,18,21,23-24H,13-17H2,1-3H3. The van der Waals surface area contributed by atoms with Gasteiger partial charge in [-0.2, -0.15) is 0 Å². The lowest BCUT2D eigenvalue weighted by Crippen LogP contribution is -2.40. The van der Waals surface area contributed by atoms with Gasteiger partial charge in [0.15, 0.2) is 0 Å². The first-order valence-electron chi connectivity index (χ1n) is 11.3. The molecule has 0 aromatic heterocycles. The van der Waals surface area contributed by atoms with E-state index in [2.05, 4.69) is 38.1 Å². The third kappa shape index (κ3) is 4.08. The number of hydrogen-bond acceptors (Lipinski definition) is 3. The Kier molecular flexibility index (Phi) is 5.81. The largest absolute Gasteiger partial charge is 0.454 e. The van der Waals surface area contributed by atoms with Gasteiger partial charge in [-0.3, -0.25) is 9.59 Å². The summed E-state index contributed by atoms with van der Waals surface area (Å²) in [6.07, 6.45) is 3.76. The number of esters is 1. The van der Waals surface area contributed by atoms with Crippen molar-refractivity contribution in [3.05, 3.63) is 71.3 Å². The highest BCUT2D eigenvalue weighted by atomic mass is 16.6.